The Kier molecular flexibility index (Phi) is 5.60. The average molecular weight is 289 g/mol. The van der Waals surface area contributed by atoms with Crippen LogP contribution in [0.5, 0.6) is 0 Å². The molecule has 2 nitrogen and oxygen atoms in total. The molecule has 3 heteroatoms. The molecule has 1 atom stereocenters. The summed E-state index contributed by atoms with van der Waals surface area (Å²) in [6.45, 7) is 6.67. The Balaban J connectivity index is 1.66. The molecule has 0 radical (unpaired) electrons. The molecule has 1 unspecified atom stereocenters. The van der Waals surface area contributed by atoms with Gasteiger partial charge in [-0.25, -0.2) is 0 Å². The van der Waals surface area contributed by atoms with E-state index in [1.54, 1.807) is 0 Å². The van der Waals surface area contributed by atoms with Crippen molar-refractivity contribution in [2.75, 3.05) is 38.1 Å². The van der Waals surface area contributed by atoms with Gasteiger partial charge in [-0.15, -0.1) is 0 Å². The number of halogens is 1. The Bertz CT molecular complexity index is 192. The molecular formula is C13H25BrN2. The van der Waals surface area contributed by atoms with Crippen molar-refractivity contribution in [2.24, 2.45) is 0 Å². The quantitative estimate of drug-likeness (QED) is 0.694. The first-order chi connectivity index (χ1) is 7.90. The van der Waals surface area contributed by atoms with Crippen molar-refractivity contribution in [3.8, 4) is 0 Å². The summed E-state index contributed by atoms with van der Waals surface area (Å²) >= 11 is 3.54. The predicted molar refractivity (Wildman–Crippen MR) is 73.3 cm³/mol. The highest BCUT2D eigenvalue weighted by Crippen LogP contribution is 2.21. The zero-order valence-electron chi connectivity index (χ0n) is 10.3. The monoisotopic (exact) mass is 288 g/mol. The van der Waals surface area contributed by atoms with Crippen molar-refractivity contribution in [1.29, 1.82) is 0 Å². The second-order valence-corrected chi connectivity index (χ2v) is 6.00. The average Bonchev–Trinajstić information content (AvgIpc) is 2.94. The van der Waals surface area contributed by atoms with E-state index in [4.69, 9.17) is 0 Å². The van der Waals surface area contributed by atoms with Crippen molar-refractivity contribution in [3.63, 3.8) is 0 Å². The summed E-state index contributed by atoms with van der Waals surface area (Å²) < 4.78 is 0. The van der Waals surface area contributed by atoms with Gasteiger partial charge in [0.15, 0.2) is 0 Å². The van der Waals surface area contributed by atoms with E-state index >= 15 is 0 Å². The largest absolute Gasteiger partial charge is 0.302 e. The van der Waals surface area contributed by atoms with Crippen LogP contribution in [0, 0.1) is 0 Å². The molecule has 16 heavy (non-hydrogen) atoms. The molecule has 2 rings (SSSR count). The van der Waals surface area contributed by atoms with E-state index in [0.717, 1.165) is 6.04 Å². The van der Waals surface area contributed by atoms with Gasteiger partial charge in [-0.1, -0.05) is 15.9 Å². The maximum atomic E-state index is 3.54. The highest BCUT2D eigenvalue weighted by molar-refractivity contribution is 9.09. The van der Waals surface area contributed by atoms with E-state index in [1.807, 2.05) is 0 Å². The van der Waals surface area contributed by atoms with Gasteiger partial charge in [-0.3, -0.25) is 4.90 Å². The third-order valence-electron chi connectivity index (χ3n) is 4.07. The Morgan fingerprint density at radius 2 is 1.81 bits per heavy atom. The van der Waals surface area contributed by atoms with Crippen LogP contribution in [0.1, 0.15) is 38.5 Å². The fourth-order valence-corrected chi connectivity index (χ4v) is 3.43. The maximum Gasteiger partial charge on any atom is 0.0112 e. The number of alkyl halides is 1. The lowest BCUT2D eigenvalue weighted by Gasteiger charge is -2.26. The van der Waals surface area contributed by atoms with Gasteiger partial charge >= 0.3 is 0 Å². The van der Waals surface area contributed by atoms with Crippen LogP contribution in [0.25, 0.3) is 0 Å². The summed E-state index contributed by atoms with van der Waals surface area (Å²) in [4.78, 5) is 5.38. The van der Waals surface area contributed by atoms with Crippen molar-refractivity contribution < 1.29 is 0 Å². The van der Waals surface area contributed by atoms with Gasteiger partial charge < -0.3 is 4.90 Å². The number of nitrogens with zero attached hydrogens (tertiary/aromatic N) is 2. The lowest BCUT2D eigenvalue weighted by Crippen LogP contribution is -2.36. The highest BCUT2D eigenvalue weighted by atomic mass is 79.9. The summed E-state index contributed by atoms with van der Waals surface area (Å²) in [5, 5.41) is 1.17. The van der Waals surface area contributed by atoms with Crippen LogP contribution < -0.4 is 0 Å². The van der Waals surface area contributed by atoms with Gasteiger partial charge in [-0.05, 0) is 58.2 Å². The van der Waals surface area contributed by atoms with E-state index in [1.165, 1.54) is 76.6 Å². The van der Waals surface area contributed by atoms with E-state index in [0.29, 0.717) is 0 Å². The topological polar surface area (TPSA) is 6.48 Å². The van der Waals surface area contributed by atoms with Crippen LogP contribution in [-0.2, 0) is 0 Å². The molecule has 0 saturated carbocycles. The van der Waals surface area contributed by atoms with Gasteiger partial charge in [0.1, 0.15) is 0 Å². The molecule has 0 amide bonds. The predicted octanol–water partition coefficient (Wildman–Crippen LogP) is 2.72. The fourth-order valence-electron chi connectivity index (χ4n) is 3.11. The Hall–Kier alpha value is 0.400. The van der Waals surface area contributed by atoms with Crippen LogP contribution in [0.15, 0.2) is 0 Å². The molecule has 0 aliphatic carbocycles. The summed E-state index contributed by atoms with van der Waals surface area (Å²) in [7, 11) is 0. The van der Waals surface area contributed by atoms with E-state index in [-0.39, 0.29) is 0 Å². The molecule has 0 aromatic carbocycles. The molecule has 0 N–H and O–H groups in total. The first-order valence-corrected chi connectivity index (χ1v) is 8.04. The Morgan fingerprint density at radius 3 is 2.56 bits per heavy atom. The SMILES string of the molecule is BrCCCC1CCCN1CCN1CCCC1. The minimum absolute atomic E-state index is 0.889. The zero-order chi connectivity index (χ0) is 11.2. The second-order valence-electron chi connectivity index (χ2n) is 5.21. The smallest absolute Gasteiger partial charge is 0.0112 e. The molecule has 2 saturated heterocycles. The minimum atomic E-state index is 0.889. The third kappa shape index (κ3) is 3.71. The van der Waals surface area contributed by atoms with Crippen molar-refractivity contribution in [2.45, 2.75) is 44.6 Å². The molecule has 2 aliphatic rings. The van der Waals surface area contributed by atoms with Gasteiger partial charge in [0.05, 0.1) is 0 Å². The molecule has 0 aromatic heterocycles. The lowest BCUT2D eigenvalue weighted by molar-refractivity contribution is 0.204. The number of hydrogen-bond acceptors (Lipinski definition) is 2. The highest BCUT2D eigenvalue weighted by Gasteiger charge is 2.24. The van der Waals surface area contributed by atoms with Crippen molar-refractivity contribution >= 4 is 15.9 Å². The first kappa shape index (κ1) is 12.8. The number of hydrogen-bond donors (Lipinski definition) is 0. The van der Waals surface area contributed by atoms with E-state index in [2.05, 4.69) is 25.7 Å². The molecule has 2 aliphatic heterocycles. The van der Waals surface area contributed by atoms with Crippen LogP contribution in [0.4, 0.5) is 0 Å². The summed E-state index contributed by atoms with van der Waals surface area (Å²) in [5.41, 5.74) is 0. The molecule has 94 valence electrons. The zero-order valence-corrected chi connectivity index (χ0v) is 11.9. The van der Waals surface area contributed by atoms with Gasteiger partial charge in [0.2, 0.25) is 0 Å². The van der Waals surface area contributed by atoms with E-state index in [9.17, 15) is 0 Å². The van der Waals surface area contributed by atoms with Crippen LogP contribution in [0.2, 0.25) is 0 Å². The maximum absolute atomic E-state index is 3.54. The molecule has 2 fully saturated rings. The van der Waals surface area contributed by atoms with Gasteiger partial charge in [0.25, 0.3) is 0 Å². The normalized spacial score (nSPS) is 27.9. The Morgan fingerprint density at radius 1 is 1.00 bits per heavy atom. The van der Waals surface area contributed by atoms with Crippen LogP contribution in [-0.4, -0.2) is 53.9 Å². The number of likely N-dealkylation sites (tertiary alicyclic amines) is 2. The Labute approximate surface area is 108 Å². The molecule has 0 aromatic rings. The molecule has 0 bridgehead atoms. The van der Waals surface area contributed by atoms with Crippen molar-refractivity contribution in [3.05, 3.63) is 0 Å². The van der Waals surface area contributed by atoms with E-state index < -0.39 is 0 Å². The summed E-state index contributed by atoms with van der Waals surface area (Å²) in [6.07, 6.45) is 8.44. The fraction of sp³-hybridized carbons (Fsp3) is 1.00. The molecular weight excluding hydrogens is 264 g/mol. The van der Waals surface area contributed by atoms with Gasteiger partial charge in [0, 0.05) is 24.5 Å². The minimum Gasteiger partial charge on any atom is -0.302 e. The first-order valence-electron chi connectivity index (χ1n) is 6.92. The summed E-state index contributed by atoms with van der Waals surface area (Å²) in [5.74, 6) is 0. The lowest BCUT2D eigenvalue weighted by atomic mass is 10.1. The molecule has 0 spiro atoms. The third-order valence-corrected chi connectivity index (χ3v) is 4.63. The van der Waals surface area contributed by atoms with Crippen molar-refractivity contribution in [1.82, 2.24) is 9.80 Å². The number of rotatable bonds is 6. The van der Waals surface area contributed by atoms with Crippen LogP contribution >= 0.6 is 15.9 Å². The van der Waals surface area contributed by atoms with Crippen LogP contribution in [0.3, 0.4) is 0 Å². The molecule has 2 heterocycles. The second kappa shape index (κ2) is 6.97. The standard InChI is InChI=1S/C13H25BrN2/c14-7-3-5-13-6-4-10-16(13)12-11-15-8-1-2-9-15/h13H,1-12H2. The van der Waals surface area contributed by atoms with Gasteiger partial charge in [-0.2, -0.15) is 0 Å². The summed E-state index contributed by atoms with van der Waals surface area (Å²) in [6, 6.07) is 0.889.